The Morgan fingerprint density at radius 1 is 1.43 bits per heavy atom. The van der Waals surface area contributed by atoms with E-state index in [1.165, 1.54) is 6.07 Å². The SMILES string of the molecule is CN(CC(=O)N1CCNCC1)Cc1ccc(Cl)cc1F.Cl. The number of likely N-dealkylation sites (N-methyl/N-ethyl adjacent to an activating group) is 1. The van der Waals surface area contributed by atoms with E-state index in [1.807, 2.05) is 16.8 Å². The lowest BCUT2D eigenvalue weighted by Gasteiger charge is -2.29. The van der Waals surface area contributed by atoms with Gasteiger partial charge in [0.15, 0.2) is 0 Å². The second-order valence-electron chi connectivity index (χ2n) is 5.04. The van der Waals surface area contributed by atoms with Crippen molar-refractivity contribution in [2.75, 3.05) is 39.8 Å². The van der Waals surface area contributed by atoms with E-state index in [9.17, 15) is 9.18 Å². The number of carbonyl (C=O) groups is 1. The van der Waals surface area contributed by atoms with E-state index in [1.54, 1.807) is 12.1 Å². The van der Waals surface area contributed by atoms with Crippen molar-refractivity contribution in [2.45, 2.75) is 6.54 Å². The van der Waals surface area contributed by atoms with Crippen LogP contribution in [0.2, 0.25) is 5.02 Å². The number of nitrogens with zero attached hydrogens (tertiary/aromatic N) is 2. The Labute approximate surface area is 135 Å². The van der Waals surface area contributed by atoms with Crippen LogP contribution < -0.4 is 5.32 Å². The second kappa shape index (κ2) is 8.54. The highest BCUT2D eigenvalue weighted by molar-refractivity contribution is 6.30. The second-order valence-corrected chi connectivity index (χ2v) is 5.48. The summed E-state index contributed by atoms with van der Waals surface area (Å²) < 4.78 is 13.7. The number of halogens is 3. The maximum Gasteiger partial charge on any atom is 0.236 e. The highest BCUT2D eigenvalue weighted by Gasteiger charge is 2.18. The molecule has 7 heteroatoms. The van der Waals surface area contributed by atoms with Crippen molar-refractivity contribution in [2.24, 2.45) is 0 Å². The van der Waals surface area contributed by atoms with Crippen LogP contribution in [0, 0.1) is 5.82 Å². The lowest BCUT2D eigenvalue weighted by atomic mass is 10.2. The van der Waals surface area contributed by atoms with Crippen molar-refractivity contribution in [1.82, 2.24) is 15.1 Å². The van der Waals surface area contributed by atoms with E-state index in [2.05, 4.69) is 5.32 Å². The third-order valence-electron chi connectivity index (χ3n) is 3.33. The van der Waals surface area contributed by atoms with E-state index < -0.39 is 0 Å². The summed E-state index contributed by atoms with van der Waals surface area (Å²) in [7, 11) is 1.81. The minimum absolute atomic E-state index is 0. The quantitative estimate of drug-likeness (QED) is 0.910. The van der Waals surface area contributed by atoms with Gasteiger partial charge < -0.3 is 10.2 Å². The normalized spacial score (nSPS) is 15.0. The molecule has 0 unspecified atom stereocenters. The van der Waals surface area contributed by atoms with Gasteiger partial charge in [-0.1, -0.05) is 17.7 Å². The van der Waals surface area contributed by atoms with Gasteiger partial charge in [-0.2, -0.15) is 0 Å². The summed E-state index contributed by atoms with van der Waals surface area (Å²) in [5, 5.41) is 3.59. The lowest BCUT2D eigenvalue weighted by Crippen LogP contribution is -2.49. The molecule has 4 nitrogen and oxygen atoms in total. The molecule has 1 fully saturated rings. The Balaban J connectivity index is 0.00000220. The Morgan fingerprint density at radius 2 is 2.10 bits per heavy atom. The number of piperazine rings is 1. The highest BCUT2D eigenvalue weighted by Crippen LogP contribution is 2.15. The average molecular weight is 336 g/mol. The van der Waals surface area contributed by atoms with E-state index in [0.717, 1.165) is 26.2 Å². The first-order valence-electron chi connectivity index (χ1n) is 6.67. The van der Waals surface area contributed by atoms with Crippen LogP contribution >= 0.6 is 24.0 Å². The molecular formula is C14H20Cl2FN3O. The number of benzene rings is 1. The summed E-state index contributed by atoms with van der Waals surface area (Å²) in [6.07, 6.45) is 0. The predicted molar refractivity (Wildman–Crippen MR) is 84.4 cm³/mol. The minimum Gasteiger partial charge on any atom is -0.339 e. The summed E-state index contributed by atoms with van der Waals surface area (Å²) >= 11 is 5.72. The molecule has 2 rings (SSSR count). The van der Waals surface area contributed by atoms with Gasteiger partial charge in [-0.05, 0) is 19.2 Å². The lowest BCUT2D eigenvalue weighted by molar-refractivity contribution is -0.132. The first-order valence-corrected chi connectivity index (χ1v) is 7.05. The zero-order chi connectivity index (χ0) is 14.5. The van der Waals surface area contributed by atoms with Gasteiger partial charge in [0.25, 0.3) is 0 Å². The van der Waals surface area contributed by atoms with Crippen molar-refractivity contribution >= 4 is 29.9 Å². The van der Waals surface area contributed by atoms with Gasteiger partial charge in [-0.3, -0.25) is 9.69 Å². The van der Waals surface area contributed by atoms with Crippen LogP contribution in [-0.2, 0) is 11.3 Å². The Kier molecular flexibility index (Phi) is 7.39. The average Bonchev–Trinajstić information content (AvgIpc) is 2.43. The van der Waals surface area contributed by atoms with Crippen molar-refractivity contribution in [3.63, 3.8) is 0 Å². The molecule has 1 aliphatic heterocycles. The van der Waals surface area contributed by atoms with Crippen LogP contribution in [0.15, 0.2) is 18.2 Å². The van der Waals surface area contributed by atoms with Crippen molar-refractivity contribution < 1.29 is 9.18 Å². The topological polar surface area (TPSA) is 35.6 Å². The maximum atomic E-state index is 13.7. The van der Waals surface area contributed by atoms with Gasteiger partial charge in [0.2, 0.25) is 5.91 Å². The molecule has 1 aromatic carbocycles. The Hall–Kier alpha value is -0.880. The van der Waals surface area contributed by atoms with Crippen molar-refractivity contribution in [1.29, 1.82) is 0 Å². The molecule has 1 N–H and O–H groups in total. The molecule has 1 amide bonds. The van der Waals surface area contributed by atoms with E-state index in [0.29, 0.717) is 23.7 Å². The number of hydrogen-bond donors (Lipinski definition) is 1. The number of amides is 1. The molecule has 118 valence electrons. The van der Waals surface area contributed by atoms with E-state index in [-0.39, 0.29) is 24.1 Å². The fourth-order valence-electron chi connectivity index (χ4n) is 2.24. The molecule has 0 spiro atoms. The fourth-order valence-corrected chi connectivity index (χ4v) is 2.40. The summed E-state index contributed by atoms with van der Waals surface area (Å²) in [6.45, 7) is 3.83. The van der Waals surface area contributed by atoms with Gasteiger partial charge in [-0.25, -0.2) is 4.39 Å². The first kappa shape index (κ1) is 18.2. The van der Waals surface area contributed by atoms with Crippen molar-refractivity contribution in [3.8, 4) is 0 Å². The van der Waals surface area contributed by atoms with Gasteiger partial charge >= 0.3 is 0 Å². The van der Waals surface area contributed by atoms with Gasteiger partial charge in [-0.15, -0.1) is 12.4 Å². The molecule has 0 aromatic heterocycles. The van der Waals surface area contributed by atoms with E-state index in [4.69, 9.17) is 11.6 Å². The zero-order valence-electron chi connectivity index (χ0n) is 11.9. The minimum atomic E-state index is -0.334. The molecule has 1 aromatic rings. The molecule has 21 heavy (non-hydrogen) atoms. The van der Waals surface area contributed by atoms with Gasteiger partial charge in [0.1, 0.15) is 5.82 Å². The van der Waals surface area contributed by atoms with Crippen LogP contribution in [-0.4, -0.2) is 55.5 Å². The predicted octanol–water partition coefficient (Wildman–Crippen LogP) is 1.76. The molecule has 1 aliphatic rings. The van der Waals surface area contributed by atoms with Crippen LogP contribution in [0.1, 0.15) is 5.56 Å². The van der Waals surface area contributed by atoms with Crippen LogP contribution in [0.3, 0.4) is 0 Å². The van der Waals surface area contributed by atoms with Crippen LogP contribution in [0.5, 0.6) is 0 Å². The molecule has 0 atom stereocenters. The molecule has 1 saturated heterocycles. The zero-order valence-corrected chi connectivity index (χ0v) is 13.5. The smallest absolute Gasteiger partial charge is 0.236 e. The Morgan fingerprint density at radius 3 is 2.71 bits per heavy atom. The van der Waals surface area contributed by atoms with E-state index >= 15 is 0 Å². The highest BCUT2D eigenvalue weighted by atomic mass is 35.5. The molecule has 1 heterocycles. The molecule has 0 bridgehead atoms. The summed E-state index contributed by atoms with van der Waals surface area (Å²) in [5.74, 6) is -0.248. The molecule has 0 aliphatic carbocycles. The number of rotatable bonds is 4. The number of carbonyl (C=O) groups excluding carboxylic acids is 1. The maximum absolute atomic E-state index is 13.7. The monoisotopic (exact) mass is 335 g/mol. The third-order valence-corrected chi connectivity index (χ3v) is 3.57. The number of nitrogens with one attached hydrogen (secondary N) is 1. The Bertz CT molecular complexity index is 481. The summed E-state index contributed by atoms with van der Waals surface area (Å²) in [6, 6.07) is 4.61. The molecule has 0 saturated carbocycles. The molecule has 0 radical (unpaired) electrons. The molecular weight excluding hydrogens is 316 g/mol. The van der Waals surface area contributed by atoms with Crippen molar-refractivity contribution in [3.05, 3.63) is 34.6 Å². The first-order chi connectivity index (χ1) is 9.56. The van der Waals surface area contributed by atoms with Gasteiger partial charge in [0, 0.05) is 43.3 Å². The van der Waals surface area contributed by atoms with Crippen LogP contribution in [0.4, 0.5) is 4.39 Å². The third kappa shape index (κ3) is 5.43. The fraction of sp³-hybridized carbons (Fsp3) is 0.500. The van der Waals surface area contributed by atoms with Crippen LogP contribution in [0.25, 0.3) is 0 Å². The largest absolute Gasteiger partial charge is 0.339 e. The van der Waals surface area contributed by atoms with Gasteiger partial charge in [0.05, 0.1) is 6.54 Å². The number of hydrogen-bond acceptors (Lipinski definition) is 3. The summed E-state index contributed by atoms with van der Waals surface area (Å²) in [4.78, 5) is 15.7. The standard InChI is InChI=1S/C14H19ClFN3O.ClH/c1-18(9-11-2-3-12(15)8-13(11)16)10-14(20)19-6-4-17-5-7-19;/h2-3,8,17H,4-7,9-10H2,1H3;1H. The summed E-state index contributed by atoms with van der Waals surface area (Å²) in [5.41, 5.74) is 0.546.